The Kier molecular flexibility index (Phi) is 3.35. The Morgan fingerprint density at radius 1 is 1.30 bits per heavy atom. The number of alkyl halides is 1. The summed E-state index contributed by atoms with van der Waals surface area (Å²) in [6.07, 6.45) is 0. The van der Waals surface area contributed by atoms with Crippen molar-refractivity contribution in [2.75, 3.05) is 0 Å². The summed E-state index contributed by atoms with van der Waals surface area (Å²) in [4.78, 5) is 18.8. The summed E-state index contributed by atoms with van der Waals surface area (Å²) in [5, 5.41) is 20.0. The maximum Gasteiger partial charge on any atom is 0.0618 e. The maximum absolute atomic E-state index is 10.0. The molecule has 0 N–H and O–H groups in total. The van der Waals surface area contributed by atoms with Crippen molar-refractivity contribution in [1.29, 1.82) is 0 Å². The van der Waals surface area contributed by atoms with E-state index in [1.54, 1.807) is 0 Å². The second kappa shape index (κ2) is 3.55. The standard InChI is InChI=1S/C5H7BrO4/c1-2(4(7)8)3(6)5(9)10/h2-3H,1H3,(H,7,8)(H,9,10)/p-2/t2-,3-/m0/s1. The molecule has 58 valence electrons. The van der Waals surface area contributed by atoms with Crippen molar-refractivity contribution < 1.29 is 19.8 Å². The monoisotopic (exact) mass is 208 g/mol. The molecule has 0 aliphatic rings. The molecule has 0 aliphatic carbocycles. The zero-order chi connectivity index (χ0) is 8.31. The zero-order valence-electron chi connectivity index (χ0n) is 5.17. The summed E-state index contributed by atoms with van der Waals surface area (Å²) >= 11 is 2.63. The van der Waals surface area contributed by atoms with Gasteiger partial charge in [-0.2, -0.15) is 0 Å². The van der Waals surface area contributed by atoms with Crippen molar-refractivity contribution in [3.05, 3.63) is 0 Å². The first-order chi connectivity index (χ1) is 4.46. The Labute approximate surface area is 66.0 Å². The van der Waals surface area contributed by atoms with E-state index in [1.807, 2.05) is 0 Å². The predicted molar refractivity (Wildman–Crippen MR) is 31.9 cm³/mol. The van der Waals surface area contributed by atoms with Crippen molar-refractivity contribution in [2.45, 2.75) is 11.8 Å². The topological polar surface area (TPSA) is 80.3 Å². The van der Waals surface area contributed by atoms with Gasteiger partial charge in [0, 0.05) is 11.9 Å². The Balaban J connectivity index is 4.07. The van der Waals surface area contributed by atoms with E-state index in [9.17, 15) is 19.8 Å². The molecule has 0 amide bonds. The molecule has 2 atom stereocenters. The number of carbonyl (C=O) groups excluding carboxylic acids is 2. The molecule has 0 radical (unpaired) electrons. The summed E-state index contributed by atoms with van der Waals surface area (Å²) in [6.45, 7) is 1.23. The lowest BCUT2D eigenvalue weighted by Gasteiger charge is -2.19. The Morgan fingerprint density at radius 2 is 1.70 bits per heavy atom. The lowest BCUT2D eigenvalue weighted by Crippen LogP contribution is -2.43. The lowest BCUT2D eigenvalue weighted by atomic mass is 10.1. The van der Waals surface area contributed by atoms with Crippen molar-refractivity contribution in [1.82, 2.24) is 0 Å². The van der Waals surface area contributed by atoms with Crippen molar-refractivity contribution >= 4 is 27.9 Å². The number of carboxylic acids is 2. The van der Waals surface area contributed by atoms with Crippen LogP contribution >= 0.6 is 15.9 Å². The number of hydrogen-bond donors (Lipinski definition) is 0. The highest BCUT2D eigenvalue weighted by atomic mass is 79.9. The highest BCUT2D eigenvalue weighted by Crippen LogP contribution is 2.10. The van der Waals surface area contributed by atoms with E-state index in [2.05, 4.69) is 15.9 Å². The molecule has 0 saturated heterocycles. The van der Waals surface area contributed by atoms with E-state index in [0.717, 1.165) is 0 Å². The van der Waals surface area contributed by atoms with E-state index in [4.69, 9.17) is 0 Å². The van der Waals surface area contributed by atoms with Gasteiger partial charge in [0.1, 0.15) is 0 Å². The summed E-state index contributed by atoms with van der Waals surface area (Å²) in [5.74, 6) is -3.94. The Bertz CT molecular complexity index is 138. The first-order valence-corrected chi connectivity index (χ1v) is 3.44. The van der Waals surface area contributed by atoms with Gasteiger partial charge in [0.15, 0.2) is 0 Å². The minimum Gasteiger partial charge on any atom is -0.550 e. The first-order valence-electron chi connectivity index (χ1n) is 2.52. The summed E-state index contributed by atoms with van der Waals surface area (Å²) in [6, 6.07) is 0. The van der Waals surface area contributed by atoms with Crippen LogP contribution in [0, 0.1) is 5.92 Å². The van der Waals surface area contributed by atoms with Gasteiger partial charge >= 0.3 is 0 Å². The molecule has 0 spiro atoms. The van der Waals surface area contributed by atoms with Crippen LogP contribution in [0.3, 0.4) is 0 Å². The summed E-state index contributed by atoms with van der Waals surface area (Å²) in [5.41, 5.74) is 0. The molecule has 5 heteroatoms. The molecule has 10 heavy (non-hydrogen) atoms. The van der Waals surface area contributed by atoms with Gasteiger partial charge in [-0.05, 0) is 0 Å². The third-order valence-corrected chi connectivity index (χ3v) is 2.20. The lowest BCUT2D eigenvalue weighted by molar-refractivity contribution is -0.318. The molecule has 0 bridgehead atoms. The van der Waals surface area contributed by atoms with Crippen LogP contribution in [0.25, 0.3) is 0 Å². The van der Waals surface area contributed by atoms with Crippen molar-refractivity contribution in [3.63, 3.8) is 0 Å². The van der Waals surface area contributed by atoms with E-state index < -0.39 is 22.7 Å². The molecule has 0 aromatic heterocycles. The van der Waals surface area contributed by atoms with E-state index in [0.29, 0.717) is 0 Å². The smallest absolute Gasteiger partial charge is 0.0618 e. The van der Waals surface area contributed by atoms with Gasteiger partial charge < -0.3 is 19.8 Å². The average molecular weight is 209 g/mol. The normalized spacial score (nSPS) is 15.8. The van der Waals surface area contributed by atoms with Crippen molar-refractivity contribution in [3.8, 4) is 0 Å². The minimum atomic E-state index is -1.45. The third kappa shape index (κ3) is 2.34. The highest BCUT2D eigenvalue weighted by Gasteiger charge is 2.15. The van der Waals surface area contributed by atoms with Crippen LogP contribution in [0.5, 0.6) is 0 Å². The van der Waals surface area contributed by atoms with Crippen molar-refractivity contribution in [2.24, 2.45) is 5.92 Å². The molecular weight excluding hydrogens is 204 g/mol. The molecule has 0 fully saturated rings. The molecule has 0 aromatic rings. The van der Waals surface area contributed by atoms with Gasteiger partial charge in [-0.1, -0.05) is 22.9 Å². The fraction of sp³-hybridized carbons (Fsp3) is 0.600. The highest BCUT2D eigenvalue weighted by molar-refractivity contribution is 9.10. The zero-order valence-corrected chi connectivity index (χ0v) is 6.75. The average Bonchev–Trinajstić information content (AvgIpc) is 1.84. The van der Waals surface area contributed by atoms with Crippen LogP contribution in [0.15, 0.2) is 0 Å². The Hall–Kier alpha value is -0.580. The van der Waals surface area contributed by atoms with Crippen LogP contribution in [0.2, 0.25) is 0 Å². The van der Waals surface area contributed by atoms with Crippen LogP contribution in [0.4, 0.5) is 0 Å². The number of halogens is 1. The van der Waals surface area contributed by atoms with E-state index in [1.165, 1.54) is 6.92 Å². The molecule has 0 aliphatic heterocycles. The molecule has 0 unspecified atom stereocenters. The van der Waals surface area contributed by atoms with Crippen LogP contribution in [-0.2, 0) is 9.59 Å². The molecular formula is C5H5BrO4-2. The number of rotatable bonds is 3. The van der Waals surface area contributed by atoms with E-state index in [-0.39, 0.29) is 0 Å². The molecule has 0 rings (SSSR count). The Morgan fingerprint density at radius 3 is 1.80 bits per heavy atom. The maximum atomic E-state index is 10.0. The summed E-state index contributed by atoms with van der Waals surface area (Å²) in [7, 11) is 0. The third-order valence-electron chi connectivity index (χ3n) is 1.04. The van der Waals surface area contributed by atoms with Crippen LogP contribution < -0.4 is 10.2 Å². The van der Waals surface area contributed by atoms with Gasteiger partial charge in [0.2, 0.25) is 0 Å². The number of aliphatic carboxylic acids is 2. The van der Waals surface area contributed by atoms with Gasteiger partial charge in [-0.15, -0.1) is 0 Å². The van der Waals surface area contributed by atoms with Gasteiger partial charge in [0.05, 0.1) is 10.8 Å². The number of hydrogen-bond acceptors (Lipinski definition) is 4. The molecule has 0 aromatic carbocycles. The molecule has 0 saturated carbocycles. The quantitative estimate of drug-likeness (QED) is 0.498. The SMILES string of the molecule is C[C@H](C(=O)[O-])[C@H](Br)C(=O)[O-]. The first kappa shape index (κ1) is 9.42. The van der Waals surface area contributed by atoms with Gasteiger partial charge in [0.25, 0.3) is 0 Å². The number of carbonyl (C=O) groups is 2. The van der Waals surface area contributed by atoms with E-state index >= 15 is 0 Å². The fourth-order valence-electron chi connectivity index (χ4n) is 0.324. The second-order valence-corrected chi connectivity index (χ2v) is 2.82. The molecule has 4 nitrogen and oxygen atoms in total. The van der Waals surface area contributed by atoms with Crippen LogP contribution in [-0.4, -0.2) is 16.8 Å². The van der Waals surface area contributed by atoms with Crippen LogP contribution in [0.1, 0.15) is 6.92 Å². The number of carboxylic acid groups (broad SMARTS) is 2. The predicted octanol–water partition coefficient (Wildman–Crippen LogP) is -2.11. The van der Waals surface area contributed by atoms with Gasteiger partial charge in [-0.3, -0.25) is 0 Å². The minimum absolute atomic E-state index is 1.08. The molecule has 0 heterocycles. The summed E-state index contributed by atoms with van der Waals surface area (Å²) < 4.78 is 0. The fourth-order valence-corrected chi connectivity index (χ4v) is 0.539. The largest absolute Gasteiger partial charge is 0.550 e. The van der Waals surface area contributed by atoms with Gasteiger partial charge in [-0.25, -0.2) is 0 Å². The second-order valence-electron chi connectivity index (χ2n) is 1.83.